The Kier molecular flexibility index (Phi) is 5.69. The maximum atomic E-state index is 13.1. The van der Waals surface area contributed by atoms with Gasteiger partial charge in [0, 0.05) is 17.6 Å². The Balaban J connectivity index is 2.04. The molecule has 0 spiro atoms. The fourth-order valence-electron chi connectivity index (χ4n) is 3.83. The number of amides is 1. The average Bonchev–Trinajstić information content (AvgIpc) is 2.77. The number of aromatic nitrogens is 3. The van der Waals surface area contributed by atoms with Gasteiger partial charge >= 0.3 is 11.3 Å². The Morgan fingerprint density at radius 2 is 2.03 bits per heavy atom. The molecule has 4 rings (SSSR count). The van der Waals surface area contributed by atoms with Gasteiger partial charge in [-0.15, -0.1) is 0 Å². The number of benzene rings is 2. The third kappa shape index (κ3) is 3.54. The number of nitrogens with one attached hydrogen (secondary N) is 1. The van der Waals surface area contributed by atoms with Crippen molar-refractivity contribution in [2.75, 3.05) is 24.9 Å². The van der Waals surface area contributed by atoms with Crippen LogP contribution < -0.4 is 24.6 Å². The Hall–Kier alpha value is -3.33. The molecule has 9 heteroatoms. The topological polar surface area (TPSA) is 88.4 Å². The molecule has 0 bridgehead atoms. The molecule has 8 nitrogen and oxygen atoms in total. The lowest BCUT2D eigenvalue weighted by molar-refractivity contribution is -0.763. The van der Waals surface area contributed by atoms with Crippen LogP contribution in [0.2, 0.25) is 0 Å². The summed E-state index contributed by atoms with van der Waals surface area (Å²) in [7, 11) is 1.58. The fraction of sp³-hybridized carbons (Fsp3) is 0.273. The maximum absolute atomic E-state index is 13.1. The highest BCUT2D eigenvalue weighted by Gasteiger charge is 2.45. The van der Waals surface area contributed by atoms with Crippen molar-refractivity contribution in [2.45, 2.75) is 25.2 Å². The third-order valence-corrected chi connectivity index (χ3v) is 5.65. The molecule has 0 fully saturated rings. The van der Waals surface area contributed by atoms with Crippen molar-refractivity contribution in [3.05, 3.63) is 58.4 Å². The second-order valence-corrected chi connectivity index (χ2v) is 7.67. The highest BCUT2D eigenvalue weighted by Crippen LogP contribution is 2.39. The van der Waals surface area contributed by atoms with E-state index in [1.54, 1.807) is 22.8 Å². The first-order valence-electron chi connectivity index (χ1n) is 9.80. The second-order valence-electron chi connectivity index (χ2n) is 6.88. The second kappa shape index (κ2) is 8.43. The number of fused-ring (bicyclic) bond motifs is 3. The van der Waals surface area contributed by atoms with Gasteiger partial charge in [0.1, 0.15) is 0 Å². The van der Waals surface area contributed by atoms with Crippen molar-refractivity contribution in [1.29, 1.82) is 0 Å². The molecule has 1 atom stereocenters. The number of hydrogen-bond acceptors (Lipinski definition) is 6. The predicted octanol–water partition coefficient (Wildman–Crippen LogP) is 2.77. The number of aromatic amines is 1. The molecular weight excluding hydrogens is 416 g/mol. The molecule has 1 unspecified atom stereocenters. The van der Waals surface area contributed by atoms with Crippen LogP contribution in [0.15, 0.2) is 52.4 Å². The number of rotatable bonds is 5. The molecule has 1 aromatic heterocycles. The van der Waals surface area contributed by atoms with Gasteiger partial charge in [-0.2, -0.15) is 0 Å². The summed E-state index contributed by atoms with van der Waals surface area (Å²) < 4.78 is 12.8. The van der Waals surface area contributed by atoms with E-state index in [0.29, 0.717) is 40.2 Å². The van der Waals surface area contributed by atoms with Gasteiger partial charge in [-0.3, -0.25) is 14.6 Å². The summed E-state index contributed by atoms with van der Waals surface area (Å²) in [5.74, 6) is 0.976. The number of hydrogen-bond donors (Lipinski definition) is 1. The third-order valence-electron chi connectivity index (χ3n) is 5.08. The zero-order valence-corrected chi connectivity index (χ0v) is 18.5. The smallest absolute Gasteiger partial charge is 0.325 e. The van der Waals surface area contributed by atoms with E-state index < -0.39 is 6.17 Å². The van der Waals surface area contributed by atoms with Crippen LogP contribution in [-0.2, 0) is 4.79 Å². The highest BCUT2D eigenvalue weighted by atomic mass is 32.2. The number of anilines is 1. The van der Waals surface area contributed by atoms with E-state index in [1.807, 2.05) is 49.6 Å². The highest BCUT2D eigenvalue weighted by molar-refractivity contribution is 7.98. The summed E-state index contributed by atoms with van der Waals surface area (Å²) in [6, 6.07) is 12.8. The molecule has 1 aliphatic heterocycles. The molecule has 2 aromatic carbocycles. The molecule has 2 heterocycles. The van der Waals surface area contributed by atoms with Crippen LogP contribution in [0, 0.1) is 0 Å². The lowest BCUT2D eigenvalue weighted by Gasteiger charge is -2.31. The van der Waals surface area contributed by atoms with Crippen LogP contribution in [0.4, 0.5) is 5.69 Å². The number of carbonyl (C=O) groups is 1. The molecule has 0 saturated carbocycles. The standard InChI is InChI=1S/C22H22N4O4S/c1-5-30-18-12-14(10-11-17(18)29-3)21-25(13(2)27)16-9-7-6-8-15(16)19-20(28)23-22(31-4)24-26(19)21/h6-12,21H,5H2,1-4H3/p+1. The summed E-state index contributed by atoms with van der Waals surface area (Å²) in [6.07, 6.45) is 1.17. The van der Waals surface area contributed by atoms with Crippen molar-refractivity contribution in [3.63, 3.8) is 0 Å². The molecule has 160 valence electrons. The first kappa shape index (κ1) is 20.9. The summed E-state index contributed by atoms with van der Waals surface area (Å²) in [4.78, 5) is 30.4. The van der Waals surface area contributed by atoms with E-state index in [4.69, 9.17) is 9.47 Å². The Labute approximate surface area is 183 Å². The Morgan fingerprint density at radius 3 is 2.71 bits per heavy atom. The number of methoxy groups -OCH3 is 1. The SMILES string of the molecule is CCOc1cc(C2N(C(C)=O)c3ccccc3-c3c(=O)[nH]c(SC)n[n+]32)ccc1OC. The van der Waals surface area contributed by atoms with E-state index in [0.717, 1.165) is 5.56 Å². The predicted molar refractivity (Wildman–Crippen MR) is 118 cm³/mol. The van der Waals surface area contributed by atoms with Gasteiger partial charge in [0.2, 0.25) is 11.1 Å². The fourth-order valence-corrected chi connectivity index (χ4v) is 4.19. The van der Waals surface area contributed by atoms with E-state index >= 15 is 0 Å². The summed E-state index contributed by atoms with van der Waals surface area (Å²) >= 11 is 1.33. The lowest BCUT2D eigenvalue weighted by Crippen LogP contribution is -2.60. The van der Waals surface area contributed by atoms with E-state index in [2.05, 4.69) is 10.1 Å². The lowest BCUT2D eigenvalue weighted by atomic mass is 10.0. The Bertz CT molecular complexity index is 1210. The normalized spacial score (nSPS) is 14.6. The van der Waals surface area contributed by atoms with E-state index in [9.17, 15) is 9.59 Å². The number of thioether (sulfide) groups is 1. The summed E-state index contributed by atoms with van der Waals surface area (Å²) in [5, 5.41) is 5.12. The minimum absolute atomic E-state index is 0.169. The van der Waals surface area contributed by atoms with Crippen LogP contribution in [0.25, 0.3) is 11.3 Å². The largest absolute Gasteiger partial charge is 0.493 e. The van der Waals surface area contributed by atoms with Gasteiger partial charge in [-0.25, -0.2) is 4.90 Å². The van der Waals surface area contributed by atoms with Gasteiger partial charge in [0.25, 0.3) is 6.17 Å². The van der Waals surface area contributed by atoms with Crippen molar-refractivity contribution in [1.82, 2.24) is 10.1 Å². The molecule has 0 saturated heterocycles. The average molecular weight is 440 g/mol. The van der Waals surface area contributed by atoms with E-state index in [-0.39, 0.29) is 11.5 Å². The maximum Gasteiger partial charge on any atom is 0.325 e. The zero-order valence-electron chi connectivity index (χ0n) is 17.7. The molecular formula is C22H23N4O4S+. The van der Waals surface area contributed by atoms with Crippen LogP contribution in [0.1, 0.15) is 25.6 Å². The van der Waals surface area contributed by atoms with Gasteiger partial charge in [-0.1, -0.05) is 23.9 Å². The van der Waals surface area contributed by atoms with Crippen LogP contribution >= 0.6 is 11.8 Å². The Morgan fingerprint density at radius 1 is 1.26 bits per heavy atom. The van der Waals surface area contributed by atoms with Crippen molar-refractivity contribution >= 4 is 23.4 Å². The van der Waals surface area contributed by atoms with Crippen molar-refractivity contribution < 1.29 is 19.0 Å². The van der Waals surface area contributed by atoms with Crippen LogP contribution in [-0.4, -0.2) is 36.0 Å². The van der Waals surface area contributed by atoms with Crippen molar-refractivity contribution in [2.24, 2.45) is 0 Å². The zero-order chi connectivity index (χ0) is 22.1. The number of ether oxygens (including phenoxy) is 2. The van der Waals surface area contributed by atoms with Crippen molar-refractivity contribution in [3.8, 4) is 22.8 Å². The van der Waals surface area contributed by atoms with Gasteiger partial charge in [0.15, 0.2) is 11.5 Å². The molecule has 1 N–H and O–H groups in total. The minimum Gasteiger partial charge on any atom is -0.493 e. The molecule has 31 heavy (non-hydrogen) atoms. The van der Waals surface area contributed by atoms with Crippen LogP contribution in [0.3, 0.4) is 0 Å². The number of H-pyrrole nitrogens is 1. The van der Waals surface area contributed by atoms with Gasteiger partial charge in [-0.05, 0) is 48.2 Å². The molecule has 0 radical (unpaired) electrons. The minimum atomic E-state index is -0.666. The quantitative estimate of drug-likeness (QED) is 0.486. The first-order valence-corrected chi connectivity index (χ1v) is 11.0. The van der Waals surface area contributed by atoms with Crippen LogP contribution in [0.5, 0.6) is 11.5 Å². The first-order chi connectivity index (χ1) is 15.0. The summed E-state index contributed by atoms with van der Waals surface area (Å²) in [6.45, 7) is 3.85. The number of para-hydroxylation sites is 1. The molecule has 0 aliphatic carbocycles. The number of carbonyl (C=O) groups excluding carboxylic acids is 1. The van der Waals surface area contributed by atoms with E-state index in [1.165, 1.54) is 18.7 Å². The molecule has 3 aromatic rings. The molecule has 1 amide bonds. The van der Waals surface area contributed by atoms with Gasteiger partial charge < -0.3 is 9.47 Å². The molecule has 1 aliphatic rings. The summed E-state index contributed by atoms with van der Waals surface area (Å²) in [5.41, 5.74) is 2.17. The number of nitrogens with zero attached hydrogens (tertiary/aromatic N) is 3. The van der Waals surface area contributed by atoms with Gasteiger partial charge in [0.05, 0.1) is 25.0 Å². The monoisotopic (exact) mass is 439 g/mol.